The van der Waals surface area contributed by atoms with Crippen molar-refractivity contribution in [2.75, 3.05) is 42.3 Å². The van der Waals surface area contributed by atoms with Crippen molar-refractivity contribution in [2.45, 2.75) is 23.9 Å². The molecule has 25 heavy (non-hydrogen) atoms. The molecule has 1 aliphatic carbocycles. The second-order valence-electron chi connectivity index (χ2n) is 6.26. The molecule has 0 bridgehead atoms. The molecule has 2 aliphatic rings. The first-order valence-electron chi connectivity index (χ1n) is 8.55. The predicted octanol–water partition coefficient (Wildman–Crippen LogP) is 2.25. The van der Waals surface area contributed by atoms with Crippen molar-refractivity contribution < 1.29 is 9.53 Å². The summed E-state index contributed by atoms with van der Waals surface area (Å²) in [5.74, 6) is 1.73. The summed E-state index contributed by atoms with van der Waals surface area (Å²) in [4.78, 5) is 18.8. The van der Waals surface area contributed by atoms with Crippen LogP contribution in [0.2, 0.25) is 0 Å². The summed E-state index contributed by atoms with van der Waals surface area (Å²) in [5, 5.41) is 10.7. The van der Waals surface area contributed by atoms with E-state index < -0.39 is 0 Å². The summed E-state index contributed by atoms with van der Waals surface area (Å²) >= 11 is 1.35. The van der Waals surface area contributed by atoms with Gasteiger partial charge in [0.05, 0.1) is 19.0 Å². The third kappa shape index (κ3) is 4.32. The molecule has 132 valence electrons. The lowest BCUT2D eigenvalue weighted by atomic mass is 10.2. The van der Waals surface area contributed by atoms with Crippen LogP contribution >= 0.6 is 11.8 Å². The van der Waals surface area contributed by atoms with Crippen molar-refractivity contribution in [1.29, 1.82) is 0 Å². The highest BCUT2D eigenvalue weighted by atomic mass is 32.2. The first-order chi connectivity index (χ1) is 12.3. The maximum absolute atomic E-state index is 12.1. The quantitative estimate of drug-likeness (QED) is 0.770. The highest BCUT2D eigenvalue weighted by molar-refractivity contribution is 7.99. The summed E-state index contributed by atoms with van der Waals surface area (Å²) in [6, 6.07) is 7.94. The average Bonchev–Trinajstić information content (AvgIpc) is 3.40. The number of hydrogen-bond acceptors (Lipinski definition) is 6. The molecule has 2 heterocycles. The Hall–Kier alpha value is -2.06. The zero-order valence-electron chi connectivity index (χ0n) is 13.9. The predicted molar refractivity (Wildman–Crippen MR) is 97.2 cm³/mol. The molecule has 0 atom stereocenters. The van der Waals surface area contributed by atoms with Gasteiger partial charge in [-0.05, 0) is 37.1 Å². The normalized spacial score (nSPS) is 17.5. The molecule has 8 heteroatoms. The van der Waals surface area contributed by atoms with E-state index in [2.05, 4.69) is 25.4 Å². The van der Waals surface area contributed by atoms with E-state index in [0.717, 1.165) is 43.5 Å². The lowest BCUT2D eigenvalue weighted by Gasteiger charge is -2.28. The van der Waals surface area contributed by atoms with E-state index in [1.165, 1.54) is 24.6 Å². The standard InChI is InChI=1S/C17H21N5O2S/c23-15(11-25-17-19-16(20-21-17)12-1-2-12)18-13-3-5-14(6-4-13)22-7-9-24-10-8-22/h3-6,12H,1-2,7-11H2,(H,18,23)(H,19,20,21). The maximum atomic E-state index is 12.1. The molecule has 1 aromatic carbocycles. The second-order valence-corrected chi connectivity index (χ2v) is 7.20. The van der Waals surface area contributed by atoms with Gasteiger partial charge in [0, 0.05) is 30.4 Å². The van der Waals surface area contributed by atoms with Crippen molar-refractivity contribution in [3.8, 4) is 0 Å². The summed E-state index contributed by atoms with van der Waals surface area (Å²) in [6.07, 6.45) is 2.36. The summed E-state index contributed by atoms with van der Waals surface area (Å²) in [6.45, 7) is 3.34. The zero-order chi connectivity index (χ0) is 17.1. The number of aromatic amines is 1. The van der Waals surface area contributed by atoms with Gasteiger partial charge in [-0.2, -0.15) is 0 Å². The summed E-state index contributed by atoms with van der Waals surface area (Å²) < 4.78 is 5.37. The molecule has 4 rings (SSSR count). The molecule has 0 spiro atoms. The van der Waals surface area contributed by atoms with Gasteiger partial charge < -0.3 is 15.0 Å². The number of nitrogens with one attached hydrogen (secondary N) is 2. The molecule has 1 saturated heterocycles. The van der Waals surface area contributed by atoms with Crippen LogP contribution in [0, 0.1) is 0 Å². The second kappa shape index (κ2) is 7.45. The van der Waals surface area contributed by atoms with Gasteiger partial charge in [-0.3, -0.25) is 9.89 Å². The highest BCUT2D eigenvalue weighted by Gasteiger charge is 2.27. The van der Waals surface area contributed by atoms with Gasteiger partial charge in [0.2, 0.25) is 11.1 Å². The van der Waals surface area contributed by atoms with Crippen molar-refractivity contribution in [3.63, 3.8) is 0 Å². The SMILES string of the molecule is O=C(CSc1n[nH]c(C2CC2)n1)Nc1ccc(N2CCOCC2)cc1. The van der Waals surface area contributed by atoms with Gasteiger partial charge in [-0.25, -0.2) is 4.98 Å². The number of benzene rings is 1. The maximum Gasteiger partial charge on any atom is 0.234 e. The molecule has 1 saturated carbocycles. The van der Waals surface area contributed by atoms with Crippen molar-refractivity contribution in [3.05, 3.63) is 30.1 Å². The number of H-pyrrole nitrogens is 1. The topological polar surface area (TPSA) is 83.1 Å². The van der Waals surface area contributed by atoms with Gasteiger partial charge in [-0.15, -0.1) is 5.10 Å². The Morgan fingerprint density at radius 2 is 2.04 bits per heavy atom. The van der Waals surface area contributed by atoms with Crippen LogP contribution in [-0.2, 0) is 9.53 Å². The molecular formula is C17H21N5O2S. The van der Waals surface area contributed by atoms with Crippen LogP contribution in [0.15, 0.2) is 29.4 Å². The van der Waals surface area contributed by atoms with Gasteiger partial charge in [0.25, 0.3) is 0 Å². The fraction of sp³-hybridized carbons (Fsp3) is 0.471. The number of carbonyl (C=O) groups is 1. The Kier molecular flexibility index (Phi) is 4.89. The Morgan fingerprint density at radius 3 is 2.76 bits per heavy atom. The minimum absolute atomic E-state index is 0.0538. The lowest BCUT2D eigenvalue weighted by Crippen LogP contribution is -2.36. The number of aromatic nitrogens is 3. The van der Waals surface area contributed by atoms with Crippen molar-refractivity contribution in [1.82, 2.24) is 15.2 Å². The van der Waals surface area contributed by atoms with Crippen LogP contribution < -0.4 is 10.2 Å². The van der Waals surface area contributed by atoms with Crippen molar-refractivity contribution >= 4 is 29.0 Å². The number of nitrogens with zero attached hydrogens (tertiary/aromatic N) is 3. The first-order valence-corrected chi connectivity index (χ1v) is 9.54. The third-order valence-corrected chi connectivity index (χ3v) is 5.15. The Labute approximate surface area is 150 Å². The van der Waals surface area contributed by atoms with Gasteiger partial charge in [-0.1, -0.05) is 11.8 Å². The zero-order valence-corrected chi connectivity index (χ0v) is 14.7. The number of hydrogen-bond donors (Lipinski definition) is 2. The lowest BCUT2D eigenvalue weighted by molar-refractivity contribution is -0.113. The fourth-order valence-corrected chi connectivity index (χ4v) is 3.37. The van der Waals surface area contributed by atoms with E-state index >= 15 is 0 Å². The number of amides is 1. The molecule has 2 fully saturated rings. The smallest absolute Gasteiger partial charge is 0.234 e. The molecule has 1 amide bonds. The largest absolute Gasteiger partial charge is 0.378 e. The van der Waals surface area contributed by atoms with Gasteiger partial charge in [0.15, 0.2) is 0 Å². The number of rotatable bonds is 6. The molecule has 1 aliphatic heterocycles. The van der Waals surface area contributed by atoms with Crippen LogP contribution in [0.5, 0.6) is 0 Å². The number of thioether (sulfide) groups is 1. The van der Waals surface area contributed by atoms with Gasteiger partial charge >= 0.3 is 0 Å². The molecule has 0 unspecified atom stereocenters. The third-order valence-electron chi connectivity index (χ3n) is 4.31. The Bertz CT molecular complexity index is 723. The van der Waals surface area contributed by atoms with Crippen LogP contribution in [0.1, 0.15) is 24.6 Å². The number of carbonyl (C=O) groups excluding carboxylic acids is 1. The average molecular weight is 359 g/mol. The van der Waals surface area contributed by atoms with E-state index in [-0.39, 0.29) is 5.91 Å². The fourth-order valence-electron chi connectivity index (χ4n) is 2.77. The van der Waals surface area contributed by atoms with Crippen LogP contribution in [0.25, 0.3) is 0 Å². The van der Waals surface area contributed by atoms with E-state index in [4.69, 9.17) is 4.74 Å². The molecule has 0 radical (unpaired) electrons. The van der Waals surface area contributed by atoms with Crippen LogP contribution in [0.3, 0.4) is 0 Å². The minimum Gasteiger partial charge on any atom is -0.378 e. The Morgan fingerprint density at radius 1 is 1.28 bits per heavy atom. The monoisotopic (exact) mass is 359 g/mol. The first kappa shape index (κ1) is 16.4. The Balaban J connectivity index is 1.26. The van der Waals surface area contributed by atoms with E-state index in [1.54, 1.807) is 0 Å². The van der Waals surface area contributed by atoms with Crippen molar-refractivity contribution in [2.24, 2.45) is 0 Å². The highest BCUT2D eigenvalue weighted by Crippen LogP contribution is 2.38. The van der Waals surface area contributed by atoms with E-state index in [9.17, 15) is 4.79 Å². The minimum atomic E-state index is -0.0538. The number of morpholine rings is 1. The molecule has 2 N–H and O–H groups in total. The summed E-state index contributed by atoms with van der Waals surface area (Å²) in [5.41, 5.74) is 1.96. The molecule has 7 nitrogen and oxygen atoms in total. The van der Waals surface area contributed by atoms with Gasteiger partial charge in [0.1, 0.15) is 5.82 Å². The van der Waals surface area contributed by atoms with E-state index in [0.29, 0.717) is 16.8 Å². The molecular weight excluding hydrogens is 338 g/mol. The molecule has 1 aromatic heterocycles. The number of ether oxygens (including phenoxy) is 1. The van der Waals surface area contributed by atoms with E-state index in [1.807, 2.05) is 24.3 Å². The summed E-state index contributed by atoms with van der Waals surface area (Å²) in [7, 11) is 0. The van der Waals surface area contributed by atoms with Crippen LogP contribution in [-0.4, -0.2) is 53.1 Å². The number of anilines is 2. The molecule has 2 aromatic rings. The van der Waals surface area contributed by atoms with Crippen LogP contribution in [0.4, 0.5) is 11.4 Å².